The number of thiophene rings is 1. The molecule has 0 aliphatic carbocycles. The van der Waals surface area contributed by atoms with Gasteiger partial charge in [-0.15, -0.1) is 11.3 Å². The topological polar surface area (TPSA) is 98.5 Å². The number of carbonyl (C=O) groups is 1. The van der Waals surface area contributed by atoms with Gasteiger partial charge in [0.05, 0.1) is 12.5 Å². The monoisotopic (exact) mass is 304 g/mol. The standard InChI is InChI=1S/C11H16N2O4S2/c12-19(15,16)10-2-1-9(18-10)3-5-13-11(14)8-4-6-17-7-8/h1-2,8H,3-7H2,(H,13,14)(H2,12,15,16). The zero-order chi connectivity index (χ0) is 13.9. The zero-order valence-electron chi connectivity index (χ0n) is 10.3. The van der Waals surface area contributed by atoms with E-state index in [1.54, 1.807) is 6.07 Å². The molecule has 0 bridgehead atoms. The summed E-state index contributed by atoms with van der Waals surface area (Å²) in [5.41, 5.74) is 0. The third-order valence-corrected chi connectivity index (χ3v) is 5.47. The summed E-state index contributed by atoms with van der Waals surface area (Å²) < 4.78 is 27.5. The van der Waals surface area contributed by atoms with Crippen LogP contribution >= 0.6 is 11.3 Å². The molecule has 106 valence electrons. The van der Waals surface area contributed by atoms with Gasteiger partial charge in [-0.2, -0.15) is 0 Å². The molecule has 1 fully saturated rings. The number of hydrogen-bond donors (Lipinski definition) is 2. The van der Waals surface area contributed by atoms with Crippen molar-refractivity contribution in [1.82, 2.24) is 5.32 Å². The van der Waals surface area contributed by atoms with Crippen molar-refractivity contribution in [3.63, 3.8) is 0 Å². The number of ether oxygens (including phenoxy) is 1. The van der Waals surface area contributed by atoms with Crippen molar-refractivity contribution in [2.75, 3.05) is 19.8 Å². The lowest BCUT2D eigenvalue weighted by molar-refractivity contribution is -0.124. The normalized spacial score (nSPS) is 19.5. The van der Waals surface area contributed by atoms with Crippen LogP contribution in [0.2, 0.25) is 0 Å². The Morgan fingerprint density at radius 1 is 1.53 bits per heavy atom. The van der Waals surface area contributed by atoms with Crippen molar-refractivity contribution < 1.29 is 17.9 Å². The van der Waals surface area contributed by atoms with Crippen LogP contribution in [-0.4, -0.2) is 34.1 Å². The summed E-state index contributed by atoms with van der Waals surface area (Å²) in [5, 5.41) is 7.86. The molecule has 2 heterocycles. The molecule has 1 aliphatic heterocycles. The maximum Gasteiger partial charge on any atom is 0.247 e. The van der Waals surface area contributed by atoms with Crippen LogP contribution < -0.4 is 10.5 Å². The Hall–Kier alpha value is -0.960. The largest absolute Gasteiger partial charge is 0.381 e. The minimum absolute atomic E-state index is 0.000672. The first-order chi connectivity index (χ1) is 8.97. The van der Waals surface area contributed by atoms with E-state index in [9.17, 15) is 13.2 Å². The van der Waals surface area contributed by atoms with Gasteiger partial charge in [0.1, 0.15) is 4.21 Å². The van der Waals surface area contributed by atoms with Crippen molar-refractivity contribution in [2.45, 2.75) is 17.1 Å². The summed E-state index contributed by atoms with van der Waals surface area (Å²) in [6.45, 7) is 1.61. The number of amides is 1. The fourth-order valence-corrected chi connectivity index (χ4v) is 3.62. The fourth-order valence-electron chi connectivity index (χ4n) is 1.84. The van der Waals surface area contributed by atoms with Crippen LogP contribution in [0.4, 0.5) is 0 Å². The lowest BCUT2D eigenvalue weighted by atomic mass is 10.1. The fraction of sp³-hybridized carbons (Fsp3) is 0.545. The van der Waals surface area contributed by atoms with E-state index in [0.717, 1.165) is 22.6 Å². The van der Waals surface area contributed by atoms with E-state index >= 15 is 0 Å². The summed E-state index contributed by atoms with van der Waals surface area (Å²) in [5.74, 6) is -0.0518. The summed E-state index contributed by atoms with van der Waals surface area (Å²) in [7, 11) is -3.62. The third-order valence-electron chi connectivity index (χ3n) is 2.89. The Morgan fingerprint density at radius 3 is 2.89 bits per heavy atom. The smallest absolute Gasteiger partial charge is 0.247 e. The number of rotatable bonds is 5. The molecular weight excluding hydrogens is 288 g/mol. The second kappa shape index (κ2) is 6.00. The van der Waals surface area contributed by atoms with E-state index < -0.39 is 10.0 Å². The lowest BCUT2D eigenvalue weighted by Gasteiger charge is -2.08. The highest BCUT2D eigenvalue weighted by Crippen LogP contribution is 2.20. The molecule has 0 radical (unpaired) electrons. The number of carbonyl (C=O) groups excluding carboxylic acids is 1. The molecule has 2 rings (SSSR count). The number of primary sulfonamides is 1. The first-order valence-corrected chi connectivity index (χ1v) is 8.30. The molecule has 1 saturated heterocycles. The van der Waals surface area contributed by atoms with Gasteiger partial charge in [0.25, 0.3) is 0 Å². The summed E-state index contributed by atoms with van der Waals surface area (Å²) in [6, 6.07) is 3.21. The molecule has 6 nitrogen and oxygen atoms in total. The van der Waals surface area contributed by atoms with Gasteiger partial charge in [-0.1, -0.05) is 0 Å². The molecule has 19 heavy (non-hydrogen) atoms. The van der Waals surface area contributed by atoms with Gasteiger partial charge < -0.3 is 10.1 Å². The molecule has 0 saturated carbocycles. The SMILES string of the molecule is NS(=O)(=O)c1ccc(CCNC(=O)C2CCOC2)s1. The van der Waals surface area contributed by atoms with E-state index in [-0.39, 0.29) is 16.0 Å². The maximum atomic E-state index is 11.7. The predicted molar refractivity (Wildman–Crippen MR) is 71.3 cm³/mol. The molecule has 1 atom stereocenters. The number of nitrogens with one attached hydrogen (secondary N) is 1. The summed E-state index contributed by atoms with van der Waals surface area (Å²) in [6.07, 6.45) is 1.36. The molecule has 0 spiro atoms. The Kier molecular flexibility index (Phi) is 4.56. The number of hydrogen-bond acceptors (Lipinski definition) is 5. The van der Waals surface area contributed by atoms with Crippen LogP contribution in [0.5, 0.6) is 0 Å². The minimum Gasteiger partial charge on any atom is -0.381 e. The number of nitrogens with two attached hydrogens (primary N) is 1. The molecule has 1 amide bonds. The average molecular weight is 304 g/mol. The quantitative estimate of drug-likeness (QED) is 0.805. The predicted octanol–water partition coefficient (Wildman–Crippen LogP) is 0.0907. The average Bonchev–Trinajstić information content (AvgIpc) is 2.99. The van der Waals surface area contributed by atoms with Crippen molar-refractivity contribution in [3.05, 3.63) is 17.0 Å². The molecule has 1 aromatic heterocycles. The summed E-state index contributed by atoms with van der Waals surface area (Å²) in [4.78, 5) is 12.6. The molecular formula is C11H16N2O4S2. The second-order valence-electron chi connectivity index (χ2n) is 4.37. The van der Waals surface area contributed by atoms with E-state index in [1.165, 1.54) is 6.07 Å². The second-order valence-corrected chi connectivity index (χ2v) is 7.32. The van der Waals surface area contributed by atoms with Crippen molar-refractivity contribution in [3.8, 4) is 0 Å². The molecule has 1 aliphatic rings. The summed E-state index contributed by atoms with van der Waals surface area (Å²) >= 11 is 1.13. The molecule has 1 unspecified atom stereocenters. The van der Waals surface area contributed by atoms with E-state index in [1.807, 2.05) is 0 Å². The Labute approximate surface area is 116 Å². The van der Waals surface area contributed by atoms with Crippen molar-refractivity contribution in [2.24, 2.45) is 11.1 Å². The van der Waals surface area contributed by atoms with Gasteiger partial charge in [0, 0.05) is 18.0 Å². The first-order valence-electron chi connectivity index (χ1n) is 5.94. The third kappa shape index (κ3) is 4.00. The van der Waals surface area contributed by atoms with Crippen LogP contribution in [0.15, 0.2) is 16.3 Å². The van der Waals surface area contributed by atoms with Crippen LogP contribution in [0.1, 0.15) is 11.3 Å². The van der Waals surface area contributed by atoms with Gasteiger partial charge in [-0.25, -0.2) is 13.6 Å². The van der Waals surface area contributed by atoms with Gasteiger partial charge in [-0.05, 0) is 25.0 Å². The maximum absolute atomic E-state index is 11.7. The number of sulfonamides is 1. The van der Waals surface area contributed by atoms with Crippen molar-refractivity contribution >= 4 is 27.3 Å². The highest BCUT2D eigenvalue weighted by Gasteiger charge is 2.22. The van der Waals surface area contributed by atoms with E-state index in [4.69, 9.17) is 9.88 Å². The molecule has 1 aromatic rings. The molecule has 0 aromatic carbocycles. The van der Waals surface area contributed by atoms with Crippen LogP contribution in [-0.2, 0) is 26.0 Å². The Morgan fingerprint density at radius 2 is 2.32 bits per heavy atom. The first kappa shape index (κ1) is 14.4. The van der Waals surface area contributed by atoms with Crippen molar-refractivity contribution in [1.29, 1.82) is 0 Å². The highest BCUT2D eigenvalue weighted by atomic mass is 32.2. The van der Waals surface area contributed by atoms with E-state index in [2.05, 4.69) is 5.32 Å². The van der Waals surface area contributed by atoms with Crippen LogP contribution in [0.25, 0.3) is 0 Å². The Bertz CT molecular complexity index is 547. The molecule has 8 heteroatoms. The van der Waals surface area contributed by atoms with Gasteiger partial charge >= 0.3 is 0 Å². The van der Waals surface area contributed by atoms with Gasteiger partial charge in [0.15, 0.2) is 0 Å². The highest BCUT2D eigenvalue weighted by molar-refractivity contribution is 7.91. The van der Waals surface area contributed by atoms with Gasteiger partial charge in [0.2, 0.25) is 15.9 Å². The minimum atomic E-state index is -3.62. The lowest BCUT2D eigenvalue weighted by Crippen LogP contribution is -2.32. The molecule has 3 N–H and O–H groups in total. The van der Waals surface area contributed by atoms with Gasteiger partial charge in [-0.3, -0.25) is 4.79 Å². The Balaban J connectivity index is 1.79. The zero-order valence-corrected chi connectivity index (χ0v) is 11.9. The van der Waals surface area contributed by atoms with E-state index in [0.29, 0.717) is 26.2 Å². The van der Waals surface area contributed by atoms with Crippen LogP contribution in [0.3, 0.4) is 0 Å². The van der Waals surface area contributed by atoms with Crippen LogP contribution in [0, 0.1) is 5.92 Å².